The van der Waals surface area contributed by atoms with E-state index in [-0.39, 0.29) is 11.8 Å². The lowest BCUT2D eigenvalue weighted by atomic mass is 10.0. The Balaban J connectivity index is 1.89. The lowest BCUT2D eigenvalue weighted by Gasteiger charge is -2.05. The van der Waals surface area contributed by atoms with Gasteiger partial charge in [0, 0.05) is 12.5 Å². The van der Waals surface area contributed by atoms with Crippen LogP contribution in [0, 0.1) is 0 Å². The summed E-state index contributed by atoms with van der Waals surface area (Å²) in [5.74, 6) is -0.507. The van der Waals surface area contributed by atoms with E-state index in [9.17, 15) is 9.59 Å². The zero-order valence-electron chi connectivity index (χ0n) is 13.3. The molecule has 0 aliphatic heterocycles. The number of unbranched alkanes of at least 4 members (excludes halogenated alkanes) is 2. The van der Waals surface area contributed by atoms with Crippen LogP contribution in [0.15, 0.2) is 48.5 Å². The lowest BCUT2D eigenvalue weighted by molar-refractivity contribution is -0.126. The fraction of sp³-hybridized carbons (Fsp3) is 0.263. The standard InChI is InChI=1S/C19H22N2O2/c1-2-3-4-12-18(22)20-21-19(23)14-13-16-10-7-9-15-8-5-6-11-17(15)16/h5-11,13-14H,2-4,12H2,1H3,(H,20,22)(H,21,23). The first-order chi connectivity index (χ1) is 11.2. The van der Waals surface area contributed by atoms with Gasteiger partial charge in [0.05, 0.1) is 0 Å². The van der Waals surface area contributed by atoms with E-state index in [1.54, 1.807) is 6.08 Å². The number of amides is 2. The Kier molecular flexibility index (Phi) is 6.36. The van der Waals surface area contributed by atoms with Crippen molar-refractivity contribution in [2.45, 2.75) is 32.6 Å². The maximum atomic E-state index is 11.8. The highest BCUT2D eigenvalue weighted by Gasteiger charge is 2.02. The topological polar surface area (TPSA) is 58.2 Å². The molecule has 2 N–H and O–H groups in total. The molecule has 0 bridgehead atoms. The van der Waals surface area contributed by atoms with Crippen molar-refractivity contribution in [3.8, 4) is 0 Å². The van der Waals surface area contributed by atoms with Gasteiger partial charge in [-0.15, -0.1) is 0 Å². The summed E-state index contributed by atoms with van der Waals surface area (Å²) < 4.78 is 0. The number of fused-ring (bicyclic) bond motifs is 1. The van der Waals surface area contributed by atoms with E-state index in [0.717, 1.165) is 35.6 Å². The van der Waals surface area contributed by atoms with E-state index in [1.165, 1.54) is 6.08 Å². The van der Waals surface area contributed by atoms with Gasteiger partial charge in [0.2, 0.25) is 5.91 Å². The van der Waals surface area contributed by atoms with Gasteiger partial charge in [-0.3, -0.25) is 20.4 Å². The van der Waals surface area contributed by atoms with Gasteiger partial charge in [0.1, 0.15) is 0 Å². The third-order valence-electron chi connectivity index (χ3n) is 3.57. The van der Waals surface area contributed by atoms with Gasteiger partial charge >= 0.3 is 0 Å². The second-order valence-corrected chi connectivity index (χ2v) is 5.40. The molecule has 0 unspecified atom stereocenters. The quantitative estimate of drug-likeness (QED) is 0.487. The van der Waals surface area contributed by atoms with Crippen LogP contribution in [0.3, 0.4) is 0 Å². The van der Waals surface area contributed by atoms with Crippen molar-refractivity contribution >= 4 is 28.7 Å². The molecule has 2 aromatic rings. The number of nitrogens with one attached hydrogen (secondary N) is 2. The first-order valence-corrected chi connectivity index (χ1v) is 7.95. The van der Waals surface area contributed by atoms with Gasteiger partial charge in [0.25, 0.3) is 5.91 Å². The van der Waals surface area contributed by atoms with Crippen molar-refractivity contribution < 1.29 is 9.59 Å². The summed E-state index contributed by atoms with van der Waals surface area (Å²) in [7, 11) is 0. The van der Waals surface area contributed by atoms with Gasteiger partial charge in [0.15, 0.2) is 0 Å². The SMILES string of the molecule is CCCCCC(=O)NNC(=O)C=Cc1cccc2ccccc12. The van der Waals surface area contributed by atoms with Crippen molar-refractivity contribution in [1.29, 1.82) is 0 Å². The Hall–Kier alpha value is -2.62. The van der Waals surface area contributed by atoms with Crippen LogP contribution < -0.4 is 10.9 Å². The zero-order valence-corrected chi connectivity index (χ0v) is 13.3. The van der Waals surface area contributed by atoms with Crippen LogP contribution in [-0.4, -0.2) is 11.8 Å². The molecule has 0 aliphatic carbocycles. The molecule has 0 aromatic heterocycles. The van der Waals surface area contributed by atoms with Crippen LogP contribution in [0.5, 0.6) is 0 Å². The molecular formula is C19H22N2O2. The summed E-state index contributed by atoms with van der Waals surface area (Å²) in [4.78, 5) is 23.3. The number of carbonyl (C=O) groups excluding carboxylic acids is 2. The number of rotatable bonds is 6. The summed E-state index contributed by atoms with van der Waals surface area (Å²) in [6, 6.07) is 13.9. The maximum absolute atomic E-state index is 11.8. The van der Waals surface area contributed by atoms with E-state index >= 15 is 0 Å². The van der Waals surface area contributed by atoms with Crippen LogP contribution in [0.1, 0.15) is 38.2 Å². The largest absolute Gasteiger partial charge is 0.273 e. The third-order valence-corrected chi connectivity index (χ3v) is 3.57. The predicted molar refractivity (Wildman–Crippen MR) is 93.4 cm³/mol. The summed E-state index contributed by atoms with van der Waals surface area (Å²) in [5, 5.41) is 2.21. The van der Waals surface area contributed by atoms with Crippen LogP contribution in [-0.2, 0) is 9.59 Å². The molecule has 0 atom stereocenters. The Morgan fingerprint density at radius 2 is 1.78 bits per heavy atom. The smallest absolute Gasteiger partial charge is 0.262 e. The second-order valence-electron chi connectivity index (χ2n) is 5.40. The number of benzene rings is 2. The minimum atomic E-state index is -0.346. The summed E-state index contributed by atoms with van der Waals surface area (Å²) >= 11 is 0. The van der Waals surface area contributed by atoms with Crippen molar-refractivity contribution in [3.63, 3.8) is 0 Å². The van der Waals surface area contributed by atoms with E-state index in [2.05, 4.69) is 17.8 Å². The number of hydrazine groups is 1. The summed E-state index contributed by atoms with van der Waals surface area (Å²) in [5.41, 5.74) is 5.79. The molecule has 23 heavy (non-hydrogen) atoms. The Labute approximate surface area is 136 Å². The average molecular weight is 310 g/mol. The molecule has 0 saturated carbocycles. The minimum Gasteiger partial charge on any atom is -0.273 e. The monoisotopic (exact) mass is 310 g/mol. The lowest BCUT2D eigenvalue weighted by Crippen LogP contribution is -2.40. The molecule has 120 valence electrons. The molecule has 0 saturated heterocycles. The van der Waals surface area contributed by atoms with Crippen molar-refractivity contribution in [2.24, 2.45) is 0 Å². The molecule has 2 rings (SSSR count). The zero-order chi connectivity index (χ0) is 16.5. The molecule has 4 heteroatoms. The van der Waals surface area contributed by atoms with E-state index in [4.69, 9.17) is 0 Å². The van der Waals surface area contributed by atoms with Crippen LogP contribution in [0.4, 0.5) is 0 Å². The van der Waals surface area contributed by atoms with Crippen molar-refractivity contribution in [1.82, 2.24) is 10.9 Å². The first kappa shape index (κ1) is 16.7. The molecule has 0 radical (unpaired) electrons. The predicted octanol–water partition coefficient (Wildman–Crippen LogP) is 3.58. The molecule has 0 aliphatic rings. The van der Waals surface area contributed by atoms with Crippen molar-refractivity contribution in [2.75, 3.05) is 0 Å². The van der Waals surface area contributed by atoms with Gasteiger partial charge < -0.3 is 0 Å². The van der Waals surface area contributed by atoms with Gasteiger partial charge in [-0.1, -0.05) is 62.2 Å². The summed E-state index contributed by atoms with van der Waals surface area (Å²) in [6.45, 7) is 2.08. The van der Waals surface area contributed by atoms with Crippen molar-refractivity contribution in [3.05, 3.63) is 54.1 Å². The fourth-order valence-corrected chi connectivity index (χ4v) is 2.33. The average Bonchev–Trinajstić information content (AvgIpc) is 2.58. The normalized spacial score (nSPS) is 10.8. The van der Waals surface area contributed by atoms with E-state index < -0.39 is 0 Å². The number of hydrogen-bond donors (Lipinski definition) is 2. The van der Waals surface area contributed by atoms with Crippen LogP contribution in [0.25, 0.3) is 16.8 Å². The van der Waals surface area contributed by atoms with Gasteiger partial charge in [-0.25, -0.2) is 0 Å². The molecule has 4 nitrogen and oxygen atoms in total. The van der Waals surface area contributed by atoms with E-state index in [1.807, 2.05) is 42.5 Å². The number of hydrogen-bond acceptors (Lipinski definition) is 2. The molecule has 0 spiro atoms. The minimum absolute atomic E-state index is 0.162. The highest BCUT2D eigenvalue weighted by atomic mass is 16.2. The van der Waals surface area contributed by atoms with Gasteiger partial charge in [-0.05, 0) is 28.8 Å². The Morgan fingerprint density at radius 3 is 2.61 bits per heavy atom. The highest BCUT2D eigenvalue weighted by molar-refractivity contribution is 5.97. The molecule has 2 amide bonds. The third kappa shape index (κ3) is 5.25. The highest BCUT2D eigenvalue weighted by Crippen LogP contribution is 2.19. The Bertz CT molecular complexity index is 702. The second kappa shape index (κ2) is 8.73. The van der Waals surface area contributed by atoms with Gasteiger partial charge in [-0.2, -0.15) is 0 Å². The molecule has 2 aromatic carbocycles. The molecule has 0 fully saturated rings. The maximum Gasteiger partial charge on any atom is 0.262 e. The Morgan fingerprint density at radius 1 is 1.00 bits per heavy atom. The summed E-state index contributed by atoms with van der Waals surface area (Å²) in [6.07, 6.45) is 6.52. The molecular weight excluding hydrogens is 288 g/mol. The molecule has 0 heterocycles. The van der Waals surface area contributed by atoms with Crippen LogP contribution in [0.2, 0.25) is 0 Å². The first-order valence-electron chi connectivity index (χ1n) is 7.95. The van der Waals surface area contributed by atoms with Crippen LogP contribution >= 0.6 is 0 Å². The van der Waals surface area contributed by atoms with E-state index in [0.29, 0.717) is 6.42 Å². The number of carbonyl (C=O) groups is 2. The fourth-order valence-electron chi connectivity index (χ4n) is 2.33.